The normalized spacial score (nSPS) is 10.5. The molecule has 0 unspecified atom stereocenters. The summed E-state index contributed by atoms with van der Waals surface area (Å²) in [6.45, 7) is 1.82. The molecule has 6 heteroatoms. The number of aryl methyl sites for hydroxylation is 2. The van der Waals surface area contributed by atoms with Crippen molar-refractivity contribution in [3.8, 4) is 11.8 Å². The molecule has 3 rings (SSSR count). The standard InChI is InChI=1S/C19H17N3O2S/c1-12-8-14-10-15(5-6-16(14)22(2)19(12)23)21-25-18-7-4-13(11-20)9-17(18)24-3/h4-10,21H,1-3H3. The van der Waals surface area contributed by atoms with Crippen LogP contribution in [0.25, 0.3) is 10.9 Å². The van der Waals surface area contributed by atoms with Crippen LogP contribution in [-0.4, -0.2) is 11.7 Å². The van der Waals surface area contributed by atoms with Crippen LogP contribution in [0.1, 0.15) is 11.1 Å². The zero-order valence-electron chi connectivity index (χ0n) is 14.2. The van der Waals surface area contributed by atoms with Crippen molar-refractivity contribution < 1.29 is 4.74 Å². The lowest BCUT2D eigenvalue weighted by Gasteiger charge is -2.12. The van der Waals surface area contributed by atoms with Gasteiger partial charge in [-0.1, -0.05) is 0 Å². The van der Waals surface area contributed by atoms with Crippen LogP contribution >= 0.6 is 11.9 Å². The molecule has 0 amide bonds. The van der Waals surface area contributed by atoms with E-state index in [1.807, 2.05) is 37.3 Å². The van der Waals surface area contributed by atoms with Gasteiger partial charge in [-0.05, 0) is 61.3 Å². The number of hydrogen-bond acceptors (Lipinski definition) is 5. The van der Waals surface area contributed by atoms with Gasteiger partial charge in [0.1, 0.15) is 5.75 Å². The van der Waals surface area contributed by atoms with Gasteiger partial charge in [-0.25, -0.2) is 0 Å². The number of nitrogens with one attached hydrogen (secondary N) is 1. The Balaban J connectivity index is 1.88. The molecule has 0 aliphatic heterocycles. The summed E-state index contributed by atoms with van der Waals surface area (Å²) in [5.41, 5.74) is 3.10. The Labute approximate surface area is 150 Å². The van der Waals surface area contributed by atoms with E-state index in [0.717, 1.165) is 21.5 Å². The monoisotopic (exact) mass is 351 g/mol. The summed E-state index contributed by atoms with van der Waals surface area (Å²) >= 11 is 1.41. The molecular formula is C19H17N3O2S. The van der Waals surface area contributed by atoms with E-state index in [1.165, 1.54) is 11.9 Å². The minimum absolute atomic E-state index is 0.0184. The maximum atomic E-state index is 12.0. The maximum Gasteiger partial charge on any atom is 0.253 e. The number of benzene rings is 2. The number of fused-ring (bicyclic) bond motifs is 1. The van der Waals surface area contributed by atoms with Crippen LogP contribution in [0.4, 0.5) is 5.69 Å². The topological polar surface area (TPSA) is 67.0 Å². The first kappa shape index (κ1) is 16.9. The molecule has 0 aliphatic carbocycles. The summed E-state index contributed by atoms with van der Waals surface area (Å²) in [4.78, 5) is 12.9. The van der Waals surface area contributed by atoms with Crippen molar-refractivity contribution in [2.45, 2.75) is 11.8 Å². The van der Waals surface area contributed by atoms with Gasteiger partial charge in [0.15, 0.2) is 0 Å². The predicted octanol–water partition coefficient (Wildman–Crippen LogP) is 3.85. The number of ether oxygens (including phenoxy) is 1. The highest BCUT2D eigenvalue weighted by Gasteiger charge is 2.07. The average Bonchev–Trinajstić information content (AvgIpc) is 2.64. The van der Waals surface area contributed by atoms with Crippen molar-refractivity contribution in [1.29, 1.82) is 5.26 Å². The summed E-state index contributed by atoms with van der Waals surface area (Å²) in [7, 11) is 3.36. The van der Waals surface area contributed by atoms with Gasteiger partial charge in [0.25, 0.3) is 5.56 Å². The summed E-state index contributed by atoms with van der Waals surface area (Å²) in [6, 6.07) is 15.2. The molecule has 0 radical (unpaired) electrons. The van der Waals surface area contributed by atoms with Crippen molar-refractivity contribution >= 4 is 28.5 Å². The number of hydrogen-bond donors (Lipinski definition) is 1. The molecule has 1 heterocycles. The molecular weight excluding hydrogens is 334 g/mol. The average molecular weight is 351 g/mol. The number of rotatable bonds is 4. The molecule has 0 saturated carbocycles. The van der Waals surface area contributed by atoms with E-state index in [9.17, 15) is 4.79 Å². The van der Waals surface area contributed by atoms with Crippen molar-refractivity contribution in [3.63, 3.8) is 0 Å². The fourth-order valence-electron chi connectivity index (χ4n) is 2.64. The first-order valence-electron chi connectivity index (χ1n) is 7.65. The summed E-state index contributed by atoms with van der Waals surface area (Å²) in [5.74, 6) is 0.649. The Morgan fingerprint density at radius 2 is 2.00 bits per heavy atom. The van der Waals surface area contributed by atoms with Gasteiger partial charge in [0.05, 0.1) is 29.2 Å². The second kappa shape index (κ2) is 6.91. The van der Waals surface area contributed by atoms with Crippen LogP contribution in [0.5, 0.6) is 5.75 Å². The van der Waals surface area contributed by atoms with E-state index in [1.54, 1.807) is 30.9 Å². The molecule has 3 aromatic rings. The zero-order chi connectivity index (χ0) is 18.0. The number of anilines is 1. The molecule has 0 fully saturated rings. The van der Waals surface area contributed by atoms with E-state index in [4.69, 9.17) is 10.00 Å². The summed E-state index contributed by atoms with van der Waals surface area (Å²) < 4.78 is 10.3. The lowest BCUT2D eigenvalue weighted by molar-refractivity contribution is 0.404. The van der Waals surface area contributed by atoms with Crippen LogP contribution in [0.3, 0.4) is 0 Å². The number of pyridine rings is 1. The van der Waals surface area contributed by atoms with Crippen molar-refractivity contribution in [1.82, 2.24) is 4.57 Å². The fourth-order valence-corrected chi connectivity index (χ4v) is 3.38. The third-order valence-corrected chi connectivity index (χ3v) is 4.87. The zero-order valence-corrected chi connectivity index (χ0v) is 15.0. The lowest BCUT2D eigenvalue weighted by atomic mass is 10.1. The molecule has 5 nitrogen and oxygen atoms in total. The SMILES string of the molecule is COc1cc(C#N)ccc1SNc1ccc2c(c1)cc(C)c(=O)n2C. The molecule has 1 N–H and O–H groups in total. The van der Waals surface area contributed by atoms with Crippen molar-refractivity contribution in [2.75, 3.05) is 11.8 Å². The first-order valence-corrected chi connectivity index (χ1v) is 8.46. The molecule has 126 valence electrons. The van der Waals surface area contributed by atoms with Gasteiger partial charge in [-0.2, -0.15) is 5.26 Å². The van der Waals surface area contributed by atoms with Gasteiger partial charge in [0.2, 0.25) is 0 Å². The van der Waals surface area contributed by atoms with Crippen molar-refractivity contribution in [3.05, 3.63) is 63.9 Å². The Morgan fingerprint density at radius 1 is 1.20 bits per heavy atom. The lowest BCUT2D eigenvalue weighted by Crippen LogP contribution is -2.19. The van der Waals surface area contributed by atoms with Gasteiger partial charge in [-0.15, -0.1) is 0 Å². The van der Waals surface area contributed by atoms with E-state index in [0.29, 0.717) is 16.9 Å². The highest BCUT2D eigenvalue weighted by molar-refractivity contribution is 8.00. The van der Waals surface area contributed by atoms with E-state index in [-0.39, 0.29) is 5.56 Å². The second-order valence-corrected chi connectivity index (χ2v) is 6.49. The number of nitriles is 1. The first-order chi connectivity index (χ1) is 12.0. The Bertz CT molecular complexity index is 1050. The third-order valence-electron chi connectivity index (χ3n) is 3.97. The van der Waals surface area contributed by atoms with Crippen LogP contribution < -0.4 is 15.0 Å². The number of methoxy groups -OCH3 is 1. The van der Waals surface area contributed by atoms with E-state index >= 15 is 0 Å². The molecule has 25 heavy (non-hydrogen) atoms. The Morgan fingerprint density at radius 3 is 2.72 bits per heavy atom. The molecule has 0 spiro atoms. The minimum atomic E-state index is 0.0184. The quantitative estimate of drug-likeness (QED) is 0.723. The highest BCUT2D eigenvalue weighted by atomic mass is 32.2. The Kier molecular flexibility index (Phi) is 4.68. The van der Waals surface area contributed by atoms with Gasteiger partial charge >= 0.3 is 0 Å². The second-order valence-electron chi connectivity index (χ2n) is 5.65. The van der Waals surface area contributed by atoms with E-state index in [2.05, 4.69) is 10.8 Å². The number of aromatic nitrogens is 1. The predicted molar refractivity (Wildman–Crippen MR) is 101 cm³/mol. The molecule has 0 bridgehead atoms. The van der Waals surface area contributed by atoms with Gasteiger partial charge in [-0.3, -0.25) is 4.79 Å². The smallest absolute Gasteiger partial charge is 0.253 e. The molecule has 0 saturated heterocycles. The largest absolute Gasteiger partial charge is 0.495 e. The van der Waals surface area contributed by atoms with Crippen LogP contribution in [-0.2, 0) is 7.05 Å². The maximum absolute atomic E-state index is 12.0. The molecule has 2 aromatic carbocycles. The fraction of sp³-hybridized carbons (Fsp3) is 0.158. The number of nitrogens with zero attached hydrogens (tertiary/aromatic N) is 2. The molecule has 0 atom stereocenters. The van der Waals surface area contributed by atoms with E-state index < -0.39 is 0 Å². The summed E-state index contributed by atoms with van der Waals surface area (Å²) in [6.07, 6.45) is 0. The van der Waals surface area contributed by atoms with Crippen LogP contribution in [0.15, 0.2) is 52.2 Å². The van der Waals surface area contributed by atoms with Gasteiger partial charge < -0.3 is 14.0 Å². The summed E-state index contributed by atoms with van der Waals surface area (Å²) in [5, 5.41) is 9.97. The van der Waals surface area contributed by atoms with Gasteiger partial charge in [0, 0.05) is 23.7 Å². The minimum Gasteiger partial charge on any atom is -0.495 e. The third kappa shape index (κ3) is 3.32. The van der Waals surface area contributed by atoms with Crippen LogP contribution in [0.2, 0.25) is 0 Å². The van der Waals surface area contributed by atoms with Crippen molar-refractivity contribution in [2.24, 2.45) is 7.05 Å². The molecule has 1 aromatic heterocycles. The Hall–Kier alpha value is -2.91. The molecule has 0 aliphatic rings. The highest BCUT2D eigenvalue weighted by Crippen LogP contribution is 2.31. The van der Waals surface area contributed by atoms with Crippen LogP contribution in [0, 0.1) is 18.3 Å².